The van der Waals surface area contributed by atoms with Gasteiger partial charge in [-0.15, -0.1) is 0 Å². The van der Waals surface area contributed by atoms with Crippen LogP contribution in [0.15, 0.2) is 59.2 Å². The van der Waals surface area contributed by atoms with E-state index in [1.54, 1.807) is 70.6 Å². The van der Waals surface area contributed by atoms with Crippen molar-refractivity contribution < 1.29 is 18.9 Å². The molecule has 174 valence electrons. The average Bonchev–Trinajstić information content (AvgIpc) is 3.62. The first-order valence-electron chi connectivity index (χ1n) is 9.72. The normalized spacial score (nSPS) is 20.2. The second kappa shape index (κ2) is 15.2. The maximum absolute atomic E-state index is 5.72. The molecular weight excluding hydrogens is 561 g/mol. The molecule has 0 atom stereocenters. The van der Waals surface area contributed by atoms with Crippen molar-refractivity contribution in [3.05, 3.63) is 59.2 Å². The minimum absolute atomic E-state index is 0.576. The van der Waals surface area contributed by atoms with Gasteiger partial charge in [0.15, 0.2) is 0 Å². The van der Waals surface area contributed by atoms with Crippen LogP contribution in [0.4, 0.5) is 0 Å². The van der Waals surface area contributed by atoms with Gasteiger partial charge in [-0.05, 0) is 32.4 Å². The van der Waals surface area contributed by atoms with Crippen molar-refractivity contribution in [2.24, 2.45) is 0 Å². The van der Waals surface area contributed by atoms with Crippen molar-refractivity contribution in [2.75, 3.05) is 52.9 Å². The molecule has 4 rings (SSSR count). The monoisotopic (exact) mass is 582 g/mol. The molecule has 12 heteroatoms. The molecule has 0 aromatic carbocycles. The van der Waals surface area contributed by atoms with Gasteiger partial charge in [-0.3, -0.25) is 0 Å². The van der Waals surface area contributed by atoms with Gasteiger partial charge < -0.3 is 18.9 Å². The van der Waals surface area contributed by atoms with Gasteiger partial charge in [0.05, 0.1) is 69.8 Å². The third-order valence-corrected chi connectivity index (χ3v) is 13.9. The molecule has 0 aromatic rings. The topological polar surface area (TPSA) is 36.9 Å². The number of hydrogen-bond acceptors (Lipinski definition) is 12. The number of ether oxygens (including phenoxy) is 4. The van der Waals surface area contributed by atoms with Crippen molar-refractivity contribution >= 4 is 94.1 Å². The van der Waals surface area contributed by atoms with Crippen LogP contribution in [-0.4, -0.2) is 52.9 Å². The quantitative estimate of drug-likeness (QED) is 0.198. The van der Waals surface area contributed by atoms with Gasteiger partial charge in [-0.2, -0.15) is 0 Å². The van der Waals surface area contributed by atoms with E-state index in [1.165, 1.54) is 26.8 Å². The summed E-state index contributed by atoms with van der Waals surface area (Å²) in [7, 11) is 0. The van der Waals surface area contributed by atoms with Gasteiger partial charge in [0.25, 0.3) is 0 Å². The molecule has 0 saturated carbocycles. The first-order valence-corrected chi connectivity index (χ1v) is 16.6. The molecule has 4 aliphatic rings. The van der Waals surface area contributed by atoms with Crippen LogP contribution in [-0.2, 0) is 18.9 Å². The predicted molar refractivity (Wildman–Crippen MR) is 153 cm³/mol. The Bertz CT molecular complexity index is 745. The Morgan fingerprint density at radius 1 is 0.438 bits per heavy atom. The first kappa shape index (κ1) is 26.2. The summed E-state index contributed by atoms with van der Waals surface area (Å²) in [5, 5.41) is 12.9. The van der Waals surface area contributed by atoms with E-state index < -0.39 is 0 Å². The molecule has 4 aliphatic heterocycles. The molecule has 0 amide bonds. The average molecular weight is 583 g/mol. The zero-order chi connectivity index (χ0) is 21.8. The van der Waals surface area contributed by atoms with Gasteiger partial charge in [0, 0.05) is 9.81 Å². The Morgan fingerprint density at radius 2 is 0.812 bits per heavy atom. The maximum atomic E-state index is 5.72. The lowest BCUT2D eigenvalue weighted by atomic mass is 10.6. The van der Waals surface area contributed by atoms with Crippen molar-refractivity contribution in [3.63, 3.8) is 0 Å². The van der Waals surface area contributed by atoms with Crippen molar-refractivity contribution in [1.82, 2.24) is 0 Å². The highest BCUT2D eigenvalue weighted by atomic mass is 32.2. The number of thioether (sulfide) groups is 8. The highest BCUT2D eigenvalue weighted by Gasteiger charge is 2.19. The molecule has 32 heavy (non-hydrogen) atoms. The molecule has 0 spiro atoms. The molecule has 0 aliphatic carbocycles. The highest BCUT2D eigenvalue weighted by Crippen LogP contribution is 2.54. The smallest absolute Gasteiger partial charge is 0.0785 e. The van der Waals surface area contributed by atoms with Gasteiger partial charge in [-0.1, -0.05) is 94.1 Å². The summed E-state index contributed by atoms with van der Waals surface area (Å²) >= 11 is 14.4. The van der Waals surface area contributed by atoms with Crippen LogP contribution >= 0.6 is 94.1 Å². The van der Waals surface area contributed by atoms with Crippen LogP contribution in [0, 0.1) is 0 Å². The molecule has 0 unspecified atom stereocenters. The van der Waals surface area contributed by atoms with Crippen LogP contribution in [0.1, 0.15) is 0 Å². The summed E-state index contributed by atoms with van der Waals surface area (Å²) in [6, 6.07) is 0. The van der Waals surface area contributed by atoms with E-state index in [4.69, 9.17) is 18.9 Å². The zero-order valence-electron chi connectivity index (χ0n) is 17.0. The van der Waals surface area contributed by atoms with Crippen molar-refractivity contribution in [2.45, 2.75) is 0 Å². The van der Waals surface area contributed by atoms with Gasteiger partial charge in [0.2, 0.25) is 0 Å². The van der Waals surface area contributed by atoms with Gasteiger partial charge in [-0.25, -0.2) is 0 Å². The minimum atomic E-state index is 0.576. The molecular formula is C20H22O4S8. The molecule has 4 heterocycles. The Balaban J connectivity index is 0.917. The molecule has 0 radical (unpaired) electrons. The Morgan fingerprint density at radius 3 is 1.22 bits per heavy atom. The van der Waals surface area contributed by atoms with Crippen LogP contribution in [0.25, 0.3) is 0 Å². The van der Waals surface area contributed by atoms with Crippen LogP contribution in [0.2, 0.25) is 0 Å². The second-order valence-corrected chi connectivity index (χ2v) is 14.8. The second-order valence-electron chi connectivity index (χ2n) is 6.10. The molecule has 0 bridgehead atoms. The van der Waals surface area contributed by atoms with E-state index in [0.717, 1.165) is 0 Å². The lowest BCUT2D eigenvalue weighted by molar-refractivity contribution is 0.00362. The fourth-order valence-corrected chi connectivity index (χ4v) is 11.2. The fourth-order valence-electron chi connectivity index (χ4n) is 2.39. The summed E-state index contributed by atoms with van der Waals surface area (Å²) in [6.45, 7) is 4.81. The summed E-state index contributed by atoms with van der Waals surface area (Å²) in [4.78, 5) is 2.53. The van der Waals surface area contributed by atoms with E-state index in [2.05, 4.69) is 32.4 Å². The number of rotatable bonds is 13. The van der Waals surface area contributed by atoms with Gasteiger partial charge in [0.1, 0.15) is 0 Å². The van der Waals surface area contributed by atoms with Crippen LogP contribution < -0.4 is 0 Å². The van der Waals surface area contributed by atoms with E-state index >= 15 is 0 Å². The fraction of sp³-hybridized carbons (Fsp3) is 0.400. The zero-order valence-corrected chi connectivity index (χ0v) is 23.6. The predicted octanol–water partition coefficient (Wildman–Crippen LogP) is 7.85. The Kier molecular flexibility index (Phi) is 12.5. The summed E-state index contributed by atoms with van der Waals surface area (Å²) in [5.41, 5.74) is 0. The molecule has 0 N–H and O–H groups in total. The lowest BCUT2D eigenvalue weighted by Crippen LogP contribution is -2.12. The van der Waals surface area contributed by atoms with E-state index in [1.807, 2.05) is 23.5 Å². The molecule has 4 nitrogen and oxygen atoms in total. The standard InChI is InChI=1S/C20H22O4S8/c1(21-3-5-23-11-15-13-29-19(31-15)17-25-7-8-26-17)2-22-4-6-24-12-16-14-30-20(32-16)18-27-9-10-28-18/h7-10,13-14H,1-6,11-12H2. The SMILES string of the molecule is C1=CSC(=C2SC=C(COCCOCCOCCOCC3=CSC(=C4SC=CS4)S3)S2)S1. The third-order valence-electron chi connectivity index (χ3n) is 3.79. The van der Waals surface area contributed by atoms with E-state index in [0.29, 0.717) is 52.9 Å². The molecule has 0 saturated heterocycles. The molecule has 0 aromatic heterocycles. The van der Waals surface area contributed by atoms with Crippen molar-refractivity contribution in [1.29, 1.82) is 0 Å². The summed E-state index contributed by atoms with van der Waals surface area (Å²) in [6.07, 6.45) is 0. The van der Waals surface area contributed by atoms with Crippen LogP contribution in [0.3, 0.4) is 0 Å². The van der Waals surface area contributed by atoms with Gasteiger partial charge >= 0.3 is 0 Å². The van der Waals surface area contributed by atoms with Crippen LogP contribution in [0.5, 0.6) is 0 Å². The Labute approximate surface area is 223 Å². The van der Waals surface area contributed by atoms with E-state index in [-0.39, 0.29) is 0 Å². The highest BCUT2D eigenvalue weighted by molar-refractivity contribution is 8.34. The number of hydrogen-bond donors (Lipinski definition) is 0. The molecule has 0 fully saturated rings. The lowest BCUT2D eigenvalue weighted by Gasteiger charge is -2.08. The minimum Gasteiger partial charge on any atom is -0.377 e. The van der Waals surface area contributed by atoms with Crippen molar-refractivity contribution in [3.8, 4) is 0 Å². The maximum Gasteiger partial charge on any atom is 0.0785 e. The Hall–Kier alpha value is 1.08. The van der Waals surface area contributed by atoms with E-state index in [9.17, 15) is 0 Å². The first-order chi connectivity index (χ1) is 15.9. The summed E-state index contributed by atoms with van der Waals surface area (Å²) in [5.74, 6) is 0. The third kappa shape index (κ3) is 8.94. The largest absolute Gasteiger partial charge is 0.377 e. The summed E-state index contributed by atoms with van der Waals surface area (Å²) < 4.78 is 28.0.